The van der Waals surface area contributed by atoms with Crippen molar-refractivity contribution in [2.24, 2.45) is 11.8 Å². The third-order valence-electron chi connectivity index (χ3n) is 8.31. The first-order chi connectivity index (χ1) is 17.7. The zero-order chi connectivity index (χ0) is 28.7. The first-order valence-electron chi connectivity index (χ1n) is 13.8. The van der Waals surface area contributed by atoms with E-state index >= 15 is 0 Å². The molecule has 2 aliphatic rings. The number of nitrogens with one attached hydrogen (secondary N) is 1. The van der Waals surface area contributed by atoms with E-state index in [0.29, 0.717) is 12.8 Å². The SMILES string of the molecule is C=C[C@H](OC)[C@@H](OCOC)[C@H](C)[C@H]1O[C@@]1(C)/C=C/[C@@H](CCCC1CC(=O)NC(=O)C1)O[Si](C)(C)C(C)(C)C. The molecule has 0 radical (unpaired) electrons. The van der Waals surface area contributed by atoms with Crippen molar-refractivity contribution >= 4 is 20.1 Å². The van der Waals surface area contributed by atoms with Gasteiger partial charge < -0.3 is 23.4 Å². The molecule has 0 unspecified atom stereocenters. The third kappa shape index (κ3) is 9.10. The summed E-state index contributed by atoms with van der Waals surface area (Å²) < 4.78 is 29.7. The highest BCUT2D eigenvalue weighted by Gasteiger charge is 2.56. The Balaban J connectivity index is 2.10. The average molecular weight is 554 g/mol. The minimum absolute atomic E-state index is 0.0393. The number of hydrogen-bond acceptors (Lipinski definition) is 7. The van der Waals surface area contributed by atoms with Crippen LogP contribution in [0.4, 0.5) is 0 Å². The molecule has 0 bridgehead atoms. The Hall–Kier alpha value is -1.36. The molecule has 38 heavy (non-hydrogen) atoms. The van der Waals surface area contributed by atoms with Gasteiger partial charge in [-0.1, -0.05) is 52.3 Å². The van der Waals surface area contributed by atoms with Gasteiger partial charge in [-0.3, -0.25) is 14.9 Å². The molecule has 2 saturated heterocycles. The molecule has 0 spiro atoms. The van der Waals surface area contributed by atoms with Crippen LogP contribution < -0.4 is 5.32 Å². The van der Waals surface area contributed by atoms with E-state index in [1.165, 1.54) is 0 Å². The molecular formula is C29H51NO7Si. The Morgan fingerprint density at radius 3 is 2.37 bits per heavy atom. The number of carbonyl (C=O) groups is 2. The Morgan fingerprint density at radius 2 is 1.84 bits per heavy atom. The molecule has 6 atom stereocenters. The molecule has 0 aromatic heterocycles. The quantitative estimate of drug-likeness (QED) is 0.0930. The van der Waals surface area contributed by atoms with Crippen LogP contribution in [0.5, 0.6) is 0 Å². The number of piperidine rings is 1. The van der Waals surface area contributed by atoms with Crippen molar-refractivity contribution in [3.8, 4) is 0 Å². The van der Waals surface area contributed by atoms with Crippen LogP contribution in [0, 0.1) is 11.8 Å². The monoisotopic (exact) mass is 553 g/mol. The molecule has 0 saturated carbocycles. The second-order valence-electron chi connectivity index (χ2n) is 12.5. The molecule has 2 aliphatic heterocycles. The summed E-state index contributed by atoms with van der Waals surface area (Å²) in [5, 5.41) is 2.47. The Bertz CT molecular complexity index is 823. The van der Waals surface area contributed by atoms with Crippen molar-refractivity contribution in [1.29, 1.82) is 0 Å². The van der Waals surface area contributed by atoms with E-state index in [9.17, 15) is 9.59 Å². The molecule has 2 rings (SSSR count). The number of epoxide rings is 1. The Labute approximate surface area is 231 Å². The van der Waals surface area contributed by atoms with E-state index in [2.05, 4.69) is 71.8 Å². The molecule has 0 aromatic rings. The zero-order valence-corrected chi connectivity index (χ0v) is 26.0. The maximum Gasteiger partial charge on any atom is 0.226 e. The predicted molar refractivity (Wildman–Crippen MR) is 151 cm³/mol. The van der Waals surface area contributed by atoms with Crippen molar-refractivity contribution in [2.45, 2.75) is 115 Å². The van der Waals surface area contributed by atoms with Gasteiger partial charge in [0.05, 0.1) is 18.3 Å². The van der Waals surface area contributed by atoms with Gasteiger partial charge in [-0.2, -0.15) is 0 Å². The van der Waals surface area contributed by atoms with Gasteiger partial charge in [-0.05, 0) is 43.8 Å². The van der Waals surface area contributed by atoms with Gasteiger partial charge in [-0.25, -0.2) is 0 Å². The topological polar surface area (TPSA) is 95.6 Å². The molecular weight excluding hydrogens is 502 g/mol. The second kappa shape index (κ2) is 13.8. The van der Waals surface area contributed by atoms with Crippen LogP contribution in [0.3, 0.4) is 0 Å². The van der Waals surface area contributed by atoms with Crippen LogP contribution in [0.15, 0.2) is 24.8 Å². The number of amides is 2. The minimum atomic E-state index is -2.02. The molecule has 2 amide bonds. The molecule has 1 N–H and O–H groups in total. The van der Waals surface area contributed by atoms with Gasteiger partial charge in [0.2, 0.25) is 11.8 Å². The summed E-state index contributed by atoms with van der Waals surface area (Å²) >= 11 is 0. The van der Waals surface area contributed by atoms with Crippen molar-refractivity contribution < 1.29 is 33.0 Å². The Morgan fingerprint density at radius 1 is 1.21 bits per heavy atom. The summed E-state index contributed by atoms with van der Waals surface area (Å²) in [6, 6.07) is 0. The van der Waals surface area contributed by atoms with Gasteiger partial charge in [0, 0.05) is 33.0 Å². The highest BCUT2D eigenvalue weighted by Crippen LogP contribution is 2.45. The lowest BCUT2D eigenvalue weighted by molar-refractivity contribution is -0.134. The van der Waals surface area contributed by atoms with E-state index in [0.717, 1.165) is 19.3 Å². The zero-order valence-electron chi connectivity index (χ0n) is 25.0. The normalized spacial score (nSPS) is 26.2. The number of carbonyl (C=O) groups excluding carboxylic acids is 2. The predicted octanol–water partition coefficient (Wildman–Crippen LogP) is 5.14. The highest BCUT2D eigenvalue weighted by atomic mass is 28.4. The van der Waals surface area contributed by atoms with E-state index in [1.54, 1.807) is 20.3 Å². The molecule has 9 heteroatoms. The third-order valence-corrected chi connectivity index (χ3v) is 12.8. The summed E-state index contributed by atoms with van der Waals surface area (Å²) in [6.07, 6.45) is 8.76. The molecule has 0 aromatic carbocycles. The van der Waals surface area contributed by atoms with Crippen LogP contribution in [0.25, 0.3) is 0 Å². The van der Waals surface area contributed by atoms with Gasteiger partial charge >= 0.3 is 0 Å². The lowest BCUT2D eigenvalue weighted by atomic mass is 9.89. The van der Waals surface area contributed by atoms with Gasteiger partial charge in [0.1, 0.15) is 18.5 Å². The Kier molecular flexibility index (Phi) is 11.9. The smallest absolute Gasteiger partial charge is 0.226 e. The van der Waals surface area contributed by atoms with Crippen molar-refractivity contribution in [3.63, 3.8) is 0 Å². The fraction of sp³-hybridized carbons (Fsp3) is 0.793. The molecule has 2 heterocycles. The van der Waals surface area contributed by atoms with E-state index in [1.807, 2.05) is 0 Å². The molecule has 8 nitrogen and oxygen atoms in total. The van der Waals surface area contributed by atoms with Crippen LogP contribution >= 0.6 is 0 Å². The van der Waals surface area contributed by atoms with Crippen LogP contribution in [-0.4, -0.2) is 71.2 Å². The average Bonchev–Trinajstić information content (AvgIpc) is 3.49. The number of imide groups is 1. The minimum Gasteiger partial charge on any atom is -0.411 e. The van der Waals surface area contributed by atoms with Gasteiger partial charge in [-0.15, -0.1) is 6.58 Å². The van der Waals surface area contributed by atoms with E-state index in [-0.39, 0.29) is 59.9 Å². The number of methoxy groups -OCH3 is 2. The fourth-order valence-electron chi connectivity index (χ4n) is 4.95. The lowest BCUT2D eigenvalue weighted by Gasteiger charge is -2.39. The van der Waals surface area contributed by atoms with Gasteiger partial charge in [0.25, 0.3) is 0 Å². The first kappa shape index (κ1) is 32.8. The summed E-state index contributed by atoms with van der Waals surface area (Å²) in [6.45, 7) is 19.5. The largest absolute Gasteiger partial charge is 0.411 e. The van der Waals surface area contributed by atoms with Crippen molar-refractivity contribution in [1.82, 2.24) is 5.32 Å². The van der Waals surface area contributed by atoms with Crippen LogP contribution in [0.2, 0.25) is 18.1 Å². The summed E-state index contributed by atoms with van der Waals surface area (Å²) in [4.78, 5) is 23.5. The first-order valence-corrected chi connectivity index (χ1v) is 16.7. The number of ether oxygens (including phenoxy) is 4. The standard InChI is InChI=1S/C29H51NO7Si/c1-11-23(34-8)26(35-19-33-7)20(2)27-29(6,36-27)16-15-22(37-38(9,10)28(3,4)5)14-12-13-21-17-24(31)30-25(32)18-21/h11,15-16,20-23,26-27H,1,12-14,17-19H2,2-10H3,(H,30,31,32)/b16-15+/t20-,22+,23-,26-,27+,29-/m0/s1. The maximum absolute atomic E-state index is 11.8. The summed E-state index contributed by atoms with van der Waals surface area (Å²) in [5.74, 6) is -0.193. The molecule has 218 valence electrons. The fourth-order valence-corrected chi connectivity index (χ4v) is 6.25. The number of hydrogen-bond donors (Lipinski definition) is 1. The van der Waals surface area contributed by atoms with Crippen molar-refractivity contribution in [3.05, 3.63) is 24.8 Å². The second-order valence-corrected chi connectivity index (χ2v) is 17.3. The van der Waals surface area contributed by atoms with Gasteiger partial charge in [0.15, 0.2) is 8.32 Å². The molecule has 0 aliphatic carbocycles. The van der Waals surface area contributed by atoms with E-state index in [4.69, 9.17) is 23.4 Å². The van der Waals surface area contributed by atoms with E-state index < -0.39 is 13.9 Å². The van der Waals surface area contributed by atoms with Crippen molar-refractivity contribution in [2.75, 3.05) is 21.0 Å². The maximum atomic E-state index is 11.8. The summed E-state index contributed by atoms with van der Waals surface area (Å²) in [7, 11) is 1.22. The highest BCUT2D eigenvalue weighted by molar-refractivity contribution is 6.74. The molecule has 2 fully saturated rings. The van der Waals surface area contributed by atoms with Crippen LogP contribution in [-0.2, 0) is 33.0 Å². The number of rotatable bonds is 16. The van der Waals surface area contributed by atoms with Crippen LogP contribution in [0.1, 0.15) is 66.7 Å². The lowest BCUT2D eigenvalue weighted by Crippen LogP contribution is -2.43. The summed E-state index contributed by atoms with van der Waals surface area (Å²) in [5.41, 5.74) is -0.434.